The van der Waals surface area contributed by atoms with E-state index in [0.717, 1.165) is 10.6 Å². The molecule has 1 aliphatic rings. The SMILES string of the molecule is Cc1nc2sccc2c(=O)n1/N=C\c1ccc([C@@H]2C[C@@H]2C)o1. The van der Waals surface area contributed by atoms with E-state index < -0.39 is 0 Å². The van der Waals surface area contributed by atoms with Crippen LogP contribution in [0.25, 0.3) is 10.2 Å². The molecule has 1 saturated carbocycles. The minimum atomic E-state index is -0.150. The normalized spacial score (nSPS) is 21.0. The first-order chi connectivity index (χ1) is 10.6. The number of furan rings is 1. The molecule has 0 spiro atoms. The third-order valence-electron chi connectivity index (χ3n) is 4.06. The Balaban J connectivity index is 1.68. The highest BCUT2D eigenvalue weighted by Crippen LogP contribution is 2.47. The van der Waals surface area contributed by atoms with E-state index in [1.807, 2.05) is 17.5 Å². The van der Waals surface area contributed by atoms with E-state index in [-0.39, 0.29) is 5.56 Å². The van der Waals surface area contributed by atoms with Crippen molar-refractivity contribution in [1.82, 2.24) is 9.66 Å². The summed E-state index contributed by atoms with van der Waals surface area (Å²) in [6.07, 6.45) is 2.76. The van der Waals surface area contributed by atoms with Gasteiger partial charge in [0.05, 0.1) is 11.6 Å². The maximum Gasteiger partial charge on any atom is 0.282 e. The number of thiophene rings is 1. The van der Waals surface area contributed by atoms with Gasteiger partial charge in [0.25, 0.3) is 5.56 Å². The van der Waals surface area contributed by atoms with Crippen molar-refractivity contribution in [2.75, 3.05) is 0 Å². The van der Waals surface area contributed by atoms with Crippen molar-refractivity contribution in [2.45, 2.75) is 26.2 Å². The fourth-order valence-corrected chi connectivity index (χ4v) is 3.41. The van der Waals surface area contributed by atoms with E-state index in [1.165, 1.54) is 22.4 Å². The number of nitrogens with zero attached hydrogens (tertiary/aromatic N) is 3. The van der Waals surface area contributed by atoms with Crippen molar-refractivity contribution >= 4 is 27.8 Å². The van der Waals surface area contributed by atoms with Gasteiger partial charge < -0.3 is 4.42 Å². The maximum absolute atomic E-state index is 12.4. The Labute approximate surface area is 130 Å². The molecule has 0 radical (unpaired) electrons. The van der Waals surface area contributed by atoms with Gasteiger partial charge in [0.2, 0.25) is 0 Å². The lowest BCUT2D eigenvalue weighted by Gasteiger charge is -2.01. The van der Waals surface area contributed by atoms with E-state index in [2.05, 4.69) is 17.0 Å². The smallest absolute Gasteiger partial charge is 0.282 e. The second-order valence-electron chi connectivity index (χ2n) is 5.72. The predicted octanol–water partition coefficient (Wildman–Crippen LogP) is 3.37. The molecule has 22 heavy (non-hydrogen) atoms. The summed E-state index contributed by atoms with van der Waals surface area (Å²) in [6, 6.07) is 5.66. The van der Waals surface area contributed by atoms with Crippen molar-refractivity contribution < 1.29 is 4.42 Å². The second-order valence-corrected chi connectivity index (χ2v) is 6.61. The average molecular weight is 313 g/mol. The number of aromatic nitrogens is 2. The van der Waals surface area contributed by atoms with E-state index >= 15 is 0 Å². The van der Waals surface area contributed by atoms with Crippen LogP contribution in [0.4, 0.5) is 0 Å². The molecule has 4 rings (SSSR count). The van der Waals surface area contributed by atoms with E-state index in [9.17, 15) is 4.79 Å². The largest absolute Gasteiger partial charge is 0.460 e. The van der Waals surface area contributed by atoms with Crippen LogP contribution >= 0.6 is 11.3 Å². The molecule has 0 bridgehead atoms. The number of fused-ring (bicyclic) bond motifs is 1. The molecule has 0 aliphatic heterocycles. The van der Waals surface area contributed by atoms with Gasteiger partial charge in [-0.15, -0.1) is 11.3 Å². The molecular weight excluding hydrogens is 298 g/mol. The van der Waals surface area contributed by atoms with Crippen LogP contribution in [0.15, 0.2) is 37.9 Å². The van der Waals surface area contributed by atoms with Crippen molar-refractivity contribution in [3.8, 4) is 0 Å². The standard InChI is InChI=1S/C16H15N3O2S/c1-9-7-13(9)14-4-3-11(21-14)8-17-19-10(2)18-15-12(16(19)20)5-6-22-15/h3-6,8-9,13H,7H2,1-2H3/b17-8-/t9-,13+/m0/s1. The quantitative estimate of drug-likeness (QED) is 0.697. The Bertz CT molecular complexity index is 934. The van der Waals surface area contributed by atoms with Crippen LogP contribution in [0.5, 0.6) is 0 Å². The summed E-state index contributed by atoms with van der Waals surface area (Å²) in [7, 11) is 0. The zero-order valence-corrected chi connectivity index (χ0v) is 13.1. The zero-order chi connectivity index (χ0) is 15.3. The zero-order valence-electron chi connectivity index (χ0n) is 12.3. The van der Waals surface area contributed by atoms with Gasteiger partial charge in [-0.2, -0.15) is 9.78 Å². The molecule has 0 amide bonds. The summed E-state index contributed by atoms with van der Waals surface area (Å²) >= 11 is 1.46. The molecule has 1 fully saturated rings. The van der Waals surface area contributed by atoms with Crippen LogP contribution in [0.3, 0.4) is 0 Å². The van der Waals surface area contributed by atoms with Gasteiger partial charge >= 0.3 is 0 Å². The molecule has 2 atom stereocenters. The molecule has 1 aliphatic carbocycles. The summed E-state index contributed by atoms with van der Waals surface area (Å²) in [4.78, 5) is 17.5. The molecule has 0 unspecified atom stereocenters. The van der Waals surface area contributed by atoms with Gasteiger partial charge in [-0.3, -0.25) is 4.79 Å². The topological polar surface area (TPSA) is 60.4 Å². The molecular formula is C16H15N3O2S. The van der Waals surface area contributed by atoms with Gasteiger partial charge in [0.15, 0.2) is 0 Å². The van der Waals surface area contributed by atoms with Crippen LogP contribution in [-0.2, 0) is 0 Å². The summed E-state index contributed by atoms with van der Waals surface area (Å²) < 4.78 is 7.09. The second kappa shape index (κ2) is 4.91. The van der Waals surface area contributed by atoms with E-state index in [1.54, 1.807) is 19.2 Å². The summed E-state index contributed by atoms with van der Waals surface area (Å²) in [5, 5.41) is 6.71. The molecule has 3 heterocycles. The Morgan fingerprint density at radius 3 is 3.05 bits per heavy atom. The van der Waals surface area contributed by atoms with Crippen LogP contribution in [0, 0.1) is 12.8 Å². The predicted molar refractivity (Wildman–Crippen MR) is 86.8 cm³/mol. The maximum atomic E-state index is 12.4. The Hall–Kier alpha value is -2.21. The minimum absolute atomic E-state index is 0.150. The summed E-state index contributed by atoms with van der Waals surface area (Å²) in [6.45, 7) is 3.99. The highest BCUT2D eigenvalue weighted by molar-refractivity contribution is 7.16. The fraction of sp³-hybridized carbons (Fsp3) is 0.312. The fourth-order valence-electron chi connectivity index (χ4n) is 2.61. The van der Waals surface area contributed by atoms with Gasteiger partial charge in [0, 0.05) is 5.92 Å². The number of rotatable bonds is 3. The number of hydrogen-bond acceptors (Lipinski definition) is 5. The van der Waals surface area contributed by atoms with Crippen LogP contribution in [0.1, 0.15) is 36.6 Å². The van der Waals surface area contributed by atoms with E-state index in [4.69, 9.17) is 4.42 Å². The highest BCUT2D eigenvalue weighted by atomic mass is 32.1. The average Bonchev–Trinajstić information content (AvgIpc) is 2.93. The number of aryl methyl sites for hydroxylation is 1. The molecule has 3 aromatic rings. The van der Waals surface area contributed by atoms with Gasteiger partial charge in [0.1, 0.15) is 22.2 Å². The third kappa shape index (κ3) is 2.20. The lowest BCUT2D eigenvalue weighted by molar-refractivity contribution is 0.499. The van der Waals surface area contributed by atoms with Crippen molar-refractivity contribution in [2.24, 2.45) is 11.0 Å². The highest BCUT2D eigenvalue weighted by Gasteiger charge is 2.36. The number of hydrogen-bond donors (Lipinski definition) is 0. The van der Waals surface area contributed by atoms with Gasteiger partial charge in [-0.1, -0.05) is 6.92 Å². The lowest BCUT2D eigenvalue weighted by atomic mass is 10.3. The first-order valence-corrected chi connectivity index (χ1v) is 8.12. The molecule has 0 N–H and O–H groups in total. The van der Waals surface area contributed by atoms with Crippen molar-refractivity contribution in [3.63, 3.8) is 0 Å². The minimum Gasteiger partial charge on any atom is -0.460 e. The third-order valence-corrected chi connectivity index (χ3v) is 4.87. The molecule has 112 valence electrons. The summed E-state index contributed by atoms with van der Waals surface area (Å²) in [5.74, 6) is 3.47. The lowest BCUT2D eigenvalue weighted by Crippen LogP contribution is -2.19. The van der Waals surface area contributed by atoms with Crippen molar-refractivity contribution in [1.29, 1.82) is 0 Å². The molecule has 0 aromatic carbocycles. The van der Waals surface area contributed by atoms with Crippen LogP contribution < -0.4 is 5.56 Å². The van der Waals surface area contributed by atoms with Crippen LogP contribution in [0.2, 0.25) is 0 Å². The first kappa shape index (κ1) is 13.5. The van der Waals surface area contributed by atoms with Gasteiger partial charge in [-0.05, 0) is 42.8 Å². The van der Waals surface area contributed by atoms with Crippen LogP contribution in [-0.4, -0.2) is 15.9 Å². The van der Waals surface area contributed by atoms with E-state index in [0.29, 0.717) is 28.8 Å². The Kier molecular flexibility index (Phi) is 3.00. The monoisotopic (exact) mass is 313 g/mol. The molecule has 5 nitrogen and oxygen atoms in total. The summed E-state index contributed by atoms with van der Waals surface area (Å²) in [5.41, 5.74) is -0.150. The van der Waals surface area contributed by atoms with Gasteiger partial charge in [-0.25, -0.2) is 4.98 Å². The Morgan fingerprint density at radius 2 is 2.27 bits per heavy atom. The first-order valence-electron chi connectivity index (χ1n) is 7.24. The van der Waals surface area contributed by atoms with Crippen molar-refractivity contribution in [3.05, 3.63) is 51.3 Å². The molecule has 6 heteroatoms. The molecule has 3 aromatic heterocycles. The Morgan fingerprint density at radius 1 is 1.45 bits per heavy atom. The molecule has 0 saturated heterocycles.